The van der Waals surface area contributed by atoms with Crippen LogP contribution in [-0.2, 0) is 24.9 Å². The van der Waals surface area contributed by atoms with Crippen LogP contribution in [0.5, 0.6) is 5.75 Å². The minimum absolute atomic E-state index is 0.0304. The van der Waals surface area contributed by atoms with Gasteiger partial charge in [-0.2, -0.15) is 0 Å². The fourth-order valence-electron chi connectivity index (χ4n) is 5.16. The summed E-state index contributed by atoms with van der Waals surface area (Å²) < 4.78 is 45.3. The number of sulfonamides is 1. The normalized spacial score (nSPS) is 18.9. The molecule has 1 amide bonds. The minimum Gasteiger partial charge on any atom is -0.495 e. The maximum Gasteiger partial charge on any atom is 0.283 e. The lowest BCUT2D eigenvalue weighted by molar-refractivity contribution is -0.0483. The average Bonchev–Trinajstić information content (AvgIpc) is 2.94. The topological polar surface area (TPSA) is 117 Å². The summed E-state index contributed by atoms with van der Waals surface area (Å²) >= 11 is 0. The van der Waals surface area contributed by atoms with Gasteiger partial charge in [-0.25, -0.2) is 18.1 Å². The second kappa shape index (κ2) is 10.7. The van der Waals surface area contributed by atoms with E-state index in [4.69, 9.17) is 14.2 Å². The Morgan fingerprint density at radius 3 is 2.54 bits per heavy atom. The second-order valence-electron chi connectivity index (χ2n) is 9.56. The molecule has 0 spiro atoms. The van der Waals surface area contributed by atoms with E-state index in [2.05, 4.69) is 14.7 Å². The lowest BCUT2D eigenvalue weighted by Gasteiger charge is -2.47. The van der Waals surface area contributed by atoms with Gasteiger partial charge in [-0.1, -0.05) is 24.3 Å². The third-order valence-electron chi connectivity index (χ3n) is 7.19. The van der Waals surface area contributed by atoms with Crippen LogP contribution in [0.4, 0.5) is 0 Å². The summed E-state index contributed by atoms with van der Waals surface area (Å²) in [6.07, 6.45) is 3.16. The van der Waals surface area contributed by atoms with Gasteiger partial charge in [0.15, 0.2) is 0 Å². The Bertz CT molecular complexity index is 1620. The van der Waals surface area contributed by atoms with Gasteiger partial charge in [0, 0.05) is 36.8 Å². The molecule has 0 bridgehead atoms. The fourth-order valence-corrected chi connectivity index (χ4v) is 6.32. The Kier molecular flexibility index (Phi) is 7.35. The van der Waals surface area contributed by atoms with Crippen LogP contribution in [0.3, 0.4) is 0 Å². The quantitative estimate of drug-likeness (QED) is 0.333. The zero-order valence-electron chi connectivity index (χ0n) is 21.9. The van der Waals surface area contributed by atoms with Gasteiger partial charge in [0.25, 0.3) is 15.9 Å². The Hall–Kier alpha value is -3.86. The van der Waals surface area contributed by atoms with Crippen LogP contribution in [0.15, 0.2) is 77.8 Å². The number of methoxy groups -OCH3 is 3. The van der Waals surface area contributed by atoms with E-state index in [1.54, 1.807) is 44.7 Å². The fraction of sp³-hybridized carbons (Fsp3) is 0.276. The number of benzene rings is 2. The molecule has 0 radical (unpaired) electrons. The van der Waals surface area contributed by atoms with E-state index >= 15 is 0 Å². The van der Waals surface area contributed by atoms with E-state index in [1.807, 2.05) is 36.4 Å². The highest BCUT2D eigenvalue weighted by Gasteiger charge is 2.46. The Balaban J connectivity index is 1.45. The molecule has 1 aliphatic carbocycles. The van der Waals surface area contributed by atoms with Gasteiger partial charge in [0.1, 0.15) is 16.3 Å². The van der Waals surface area contributed by atoms with Gasteiger partial charge in [0.05, 0.1) is 31.0 Å². The van der Waals surface area contributed by atoms with Gasteiger partial charge in [-0.05, 0) is 60.9 Å². The number of carbonyl (C=O) groups is 1. The zero-order chi connectivity index (χ0) is 27.6. The van der Waals surface area contributed by atoms with Gasteiger partial charge < -0.3 is 14.2 Å². The molecule has 2 aromatic carbocycles. The summed E-state index contributed by atoms with van der Waals surface area (Å²) in [6.45, 7) is 0.409. The van der Waals surface area contributed by atoms with Crippen molar-refractivity contribution in [3.05, 3.63) is 84.2 Å². The molecule has 0 atom stereocenters. The van der Waals surface area contributed by atoms with E-state index in [0.29, 0.717) is 25.0 Å². The van der Waals surface area contributed by atoms with E-state index in [1.165, 1.54) is 13.2 Å². The molecule has 9 nitrogen and oxygen atoms in total. The third-order valence-corrected chi connectivity index (χ3v) is 8.54. The Morgan fingerprint density at radius 1 is 1.03 bits per heavy atom. The van der Waals surface area contributed by atoms with E-state index in [0.717, 1.165) is 22.2 Å². The third kappa shape index (κ3) is 5.10. The first-order valence-corrected chi connectivity index (χ1v) is 13.9. The number of hydrogen-bond donors (Lipinski definition) is 1. The lowest BCUT2D eigenvalue weighted by atomic mass is 9.63. The van der Waals surface area contributed by atoms with Crippen molar-refractivity contribution in [3.8, 4) is 17.0 Å². The van der Waals surface area contributed by atoms with Crippen molar-refractivity contribution in [1.82, 2.24) is 14.7 Å². The molecule has 1 aliphatic rings. The Labute approximate surface area is 227 Å². The lowest BCUT2D eigenvalue weighted by Crippen LogP contribution is -2.48. The van der Waals surface area contributed by atoms with Gasteiger partial charge in [-0.3, -0.25) is 9.78 Å². The summed E-state index contributed by atoms with van der Waals surface area (Å²) in [5, 5.41) is 0.795. The first-order valence-electron chi connectivity index (χ1n) is 12.4. The van der Waals surface area contributed by atoms with Crippen LogP contribution in [0.2, 0.25) is 0 Å². The van der Waals surface area contributed by atoms with Crippen LogP contribution in [0.25, 0.3) is 22.2 Å². The van der Waals surface area contributed by atoms with Crippen LogP contribution in [0, 0.1) is 0 Å². The van der Waals surface area contributed by atoms with E-state index in [9.17, 15) is 13.2 Å². The summed E-state index contributed by atoms with van der Waals surface area (Å²) in [5.74, 6) is -0.719. The molecule has 0 unspecified atom stereocenters. The molecule has 0 saturated heterocycles. The number of rotatable bonds is 9. The highest BCUT2D eigenvalue weighted by atomic mass is 32.2. The van der Waals surface area contributed by atoms with Crippen molar-refractivity contribution in [2.75, 3.05) is 27.9 Å². The Morgan fingerprint density at radius 2 is 1.85 bits per heavy atom. The molecular formula is C29H29N3O6S. The van der Waals surface area contributed by atoms with Crippen molar-refractivity contribution < 1.29 is 27.4 Å². The smallest absolute Gasteiger partial charge is 0.283 e. The second-order valence-corrected chi connectivity index (χ2v) is 11.2. The molecule has 10 heteroatoms. The summed E-state index contributed by atoms with van der Waals surface area (Å²) in [7, 11) is 0.346. The van der Waals surface area contributed by atoms with Crippen LogP contribution in [-0.4, -0.2) is 58.3 Å². The van der Waals surface area contributed by atoms with Gasteiger partial charge >= 0.3 is 0 Å². The predicted molar refractivity (Wildman–Crippen MR) is 146 cm³/mol. The molecule has 1 fully saturated rings. The van der Waals surface area contributed by atoms with Crippen LogP contribution in [0.1, 0.15) is 28.9 Å². The maximum absolute atomic E-state index is 13.5. The van der Waals surface area contributed by atoms with Gasteiger partial charge in [-0.15, -0.1) is 0 Å². The molecule has 5 rings (SSSR count). The number of pyridine rings is 2. The highest BCUT2D eigenvalue weighted by molar-refractivity contribution is 7.90. The largest absolute Gasteiger partial charge is 0.495 e. The summed E-state index contributed by atoms with van der Waals surface area (Å²) in [6, 6.07) is 19.3. The number of nitrogens with zero attached hydrogens (tertiary/aromatic N) is 2. The monoisotopic (exact) mass is 547 g/mol. The minimum atomic E-state index is -4.30. The van der Waals surface area contributed by atoms with Gasteiger partial charge in [0.2, 0.25) is 0 Å². The SMILES string of the molecule is COCC1(c2ccc(OC)c(S(=O)(=O)NC(=O)c3ccc4c(-c5ccccn5)cccc4n3)c2)CC(OC)C1. The number of nitrogens with one attached hydrogen (secondary N) is 1. The zero-order valence-corrected chi connectivity index (χ0v) is 22.7. The maximum atomic E-state index is 13.5. The number of carbonyl (C=O) groups excluding carboxylic acids is 1. The van der Waals surface area contributed by atoms with Crippen molar-refractivity contribution in [1.29, 1.82) is 0 Å². The first-order chi connectivity index (χ1) is 18.8. The summed E-state index contributed by atoms with van der Waals surface area (Å²) in [4.78, 5) is 21.8. The number of amides is 1. The molecule has 2 heterocycles. The molecule has 202 valence electrons. The average molecular weight is 548 g/mol. The predicted octanol–water partition coefficient (Wildman–Crippen LogP) is 4.12. The standard InChI is InChI=1S/C29H29N3O6S/c1-36-18-29(16-20(17-29)37-2)19-10-13-26(38-3)27(15-19)39(34,35)32-28(33)25-12-11-22-21(7-6-9-24(22)31-25)23-8-4-5-14-30-23/h4-15,20H,16-18H2,1-3H3,(H,32,33). The van der Waals surface area contributed by atoms with Crippen molar-refractivity contribution in [3.63, 3.8) is 0 Å². The number of ether oxygens (including phenoxy) is 3. The van der Waals surface area contributed by atoms with E-state index < -0.39 is 15.9 Å². The number of hydrogen-bond acceptors (Lipinski definition) is 8. The van der Waals surface area contributed by atoms with Crippen molar-refractivity contribution >= 4 is 26.8 Å². The van der Waals surface area contributed by atoms with Crippen LogP contribution >= 0.6 is 0 Å². The summed E-state index contributed by atoms with van der Waals surface area (Å²) in [5.41, 5.74) is 2.53. The molecule has 0 aliphatic heterocycles. The molecule has 39 heavy (non-hydrogen) atoms. The van der Waals surface area contributed by atoms with E-state index in [-0.39, 0.29) is 27.9 Å². The molecular weight excluding hydrogens is 518 g/mol. The molecule has 1 N–H and O–H groups in total. The molecule has 1 saturated carbocycles. The molecule has 4 aromatic rings. The van der Waals surface area contributed by atoms with Crippen LogP contribution < -0.4 is 9.46 Å². The first kappa shape index (κ1) is 26.7. The number of fused-ring (bicyclic) bond motifs is 1. The number of aromatic nitrogens is 2. The molecule has 2 aromatic heterocycles. The van der Waals surface area contributed by atoms with Crippen molar-refractivity contribution in [2.45, 2.75) is 29.3 Å². The highest BCUT2D eigenvalue weighted by Crippen LogP contribution is 2.46. The van der Waals surface area contributed by atoms with Crippen molar-refractivity contribution in [2.24, 2.45) is 0 Å².